The molecule has 0 spiro atoms. The number of amides is 1. The molecule has 1 aliphatic heterocycles. The minimum absolute atomic E-state index is 0.0777. The molecule has 2 rings (SSSR count). The van der Waals surface area contributed by atoms with Crippen LogP contribution in [0, 0.1) is 12.8 Å². The second kappa shape index (κ2) is 4.34. The number of benzene rings is 1. The van der Waals surface area contributed by atoms with Gasteiger partial charge in [0.15, 0.2) is 0 Å². The lowest BCUT2D eigenvalue weighted by atomic mass is 10.1. The predicted molar refractivity (Wildman–Crippen MR) is 64.0 cm³/mol. The van der Waals surface area contributed by atoms with Crippen molar-refractivity contribution in [2.75, 3.05) is 17.3 Å². The second-order valence-electron chi connectivity index (χ2n) is 4.20. The molecule has 1 heterocycles. The van der Waals surface area contributed by atoms with Crippen LogP contribution in [0.3, 0.4) is 0 Å². The standard InChI is InChI=1S/C12H14ClNO2/c1-8-2-3-10(5-11(8)15)14-7-9(6-13)4-12(14)16/h2-3,5,9,15H,4,6-7H2,1H3. The van der Waals surface area contributed by atoms with E-state index in [1.54, 1.807) is 11.0 Å². The molecule has 3 nitrogen and oxygen atoms in total. The molecule has 0 radical (unpaired) electrons. The fourth-order valence-electron chi connectivity index (χ4n) is 1.90. The third kappa shape index (κ3) is 2.00. The summed E-state index contributed by atoms with van der Waals surface area (Å²) >= 11 is 5.75. The lowest BCUT2D eigenvalue weighted by molar-refractivity contribution is -0.117. The fraction of sp³-hybridized carbons (Fsp3) is 0.417. The van der Waals surface area contributed by atoms with Crippen molar-refractivity contribution in [3.63, 3.8) is 0 Å². The van der Waals surface area contributed by atoms with Crippen LogP contribution < -0.4 is 4.90 Å². The number of alkyl halides is 1. The molecular formula is C12H14ClNO2. The number of phenols is 1. The first kappa shape index (κ1) is 11.3. The molecule has 1 aliphatic rings. The van der Waals surface area contributed by atoms with E-state index >= 15 is 0 Å². The van der Waals surface area contributed by atoms with E-state index in [0.717, 1.165) is 11.3 Å². The molecule has 1 aromatic carbocycles. The summed E-state index contributed by atoms with van der Waals surface area (Å²) in [5.41, 5.74) is 1.56. The van der Waals surface area contributed by atoms with Gasteiger partial charge in [0.1, 0.15) is 5.75 Å². The van der Waals surface area contributed by atoms with Crippen LogP contribution >= 0.6 is 11.6 Å². The Morgan fingerprint density at radius 3 is 2.88 bits per heavy atom. The van der Waals surface area contributed by atoms with E-state index in [9.17, 15) is 9.90 Å². The largest absolute Gasteiger partial charge is 0.508 e. The molecule has 1 aromatic rings. The van der Waals surface area contributed by atoms with Gasteiger partial charge in [-0.3, -0.25) is 4.79 Å². The SMILES string of the molecule is Cc1ccc(N2CC(CCl)CC2=O)cc1O. The number of hydrogen-bond donors (Lipinski definition) is 1. The van der Waals surface area contributed by atoms with Gasteiger partial charge in [0, 0.05) is 30.6 Å². The molecule has 1 N–H and O–H groups in total. The lowest BCUT2D eigenvalue weighted by Gasteiger charge is -2.17. The highest BCUT2D eigenvalue weighted by Gasteiger charge is 2.30. The molecule has 0 bridgehead atoms. The van der Waals surface area contributed by atoms with Crippen LogP contribution in [0.5, 0.6) is 5.75 Å². The monoisotopic (exact) mass is 239 g/mol. The molecule has 1 amide bonds. The molecule has 0 aromatic heterocycles. The number of aryl methyl sites for hydroxylation is 1. The zero-order chi connectivity index (χ0) is 11.7. The van der Waals surface area contributed by atoms with Gasteiger partial charge in [0.25, 0.3) is 0 Å². The molecule has 1 saturated heterocycles. The number of hydrogen-bond acceptors (Lipinski definition) is 2. The van der Waals surface area contributed by atoms with Crippen LogP contribution in [-0.2, 0) is 4.79 Å². The molecule has 4 heteroatoms. The topological polar surface area (TPSA) is 40.5 Å². The van der Waals surface area contributed by atoms with Crippen LogP contribution in [0.1, 0.15) is 12.0 Å². The van der Waals surface area contributed by atoms with E-state index in [1.807, 2.05) is 19.1 Å². The maximum atomic E-state index is 11.7. The Balaban J connectivity index is 2.24. The van der Waals surface area contributed by atoms with Crippen LogP contribution in [0.2, 0.25) is 0 Å². The summed E-state index contributed by atoms with van der Waals surface area (Å²) in [7, 11) is 0. The van der Waals surface area contributed by atoms with Crippen molar-refractivity contribution in [2.24, 2.45) is 5.92 Å². The highest BCUT2D eigenvalue weighted by atomic mass is 35.5. The molecule has 1 fully saturated rings. The van der Waals surface area contributed by atoms with Gasteiger partial charge in [0.2, 0.25) is 5.91 Å². The average molecular weight is 240 g/mol. The quantitative estimate of drug-likeness (QED) is 0.805. The Hall–Kier alpha value is -1.22. The van der Waals surface area contributed by atoms with Crippen molar-refractivity contribution < 1.29 is 9.90 Å². The molecule has 1 atom stereocenters. The first-order valence-electron chi connectivity index (χ1n) is 5.27. The molecule has 0 aliphatic carbocycles. The normalized spacial score (nSPS) is 20.5. The summed E-state index contributed by atoms with van der Waals surface area (Å²) in [6, 6.07) is 5.29. The van der Waals surface area contributed by atoms with Gasteiger partial charge >= 0.3 is 0 Å². The Morgan fingerprint density at radius 1 is 1.56 bits per heavy atom. The second-order valence-corrected chi connectivity index (χ2v) is 4.51. The fourth-order valence-corrected chi connectivity index (χ4v) is 2.11. The number of nitrogens with zero attached hydrogens (tertiary/aromatic N) is 1. The number of halogens is 1. The molecular weight excluding hydrogens is 226 g/mol. The first-order valence-corrected chi connectivity index (χ1v) is 5.81. The number of phenolic OH excluding ortho intramolecular Hbond substituents is 1. The predicted octanol–water partition coefficient (Wildman–Crippen LogP) is 2.29. The highest BCUT2D eigenvalue weighted by molar-refractivity contribution is 6.18. The van der Waals surface area contributed by atoms with Crippen molar-refractivity contribution in [3.8, 4) is 5.75 Å². The summed E-state index contributed by atoms with van der Waals surface area (Å²) in [5.74, 6) is 1.02. The summed E-state index contributed by atoms with van der Waals surface area (Å²) in [6.07, 6.45) is 0.498. The average Bonchev–Trinajstić information content (AvgIpc) is 2.64. The smallest absolute Gasteiger partial charge is 0.227 e. The van der Waals surface area contributed by atoms with Crippen LogP contribution in [0.25, 0.3) is 0 Å². The van der Waals surface area contributed by atoms with E-state index in [0.29, 0.717) is 18.8 Å². The minimum atomic E-state index is 0.0777. The van der Waals surface area contributed by atoms with Crippen molar-refractivity contribution in [3.05, 3.63) is 23.8 Å². The Kier molecular flexibility index (Phi) is 3.06. The van der Waals surface area contributed by atoms with Crippen LogP contribution in [-0.4, -0.2) is 23.4 Å². The number of anilines is 1. The van der Waals surface area contributed by atoms with Gasteiger partial charge in [-0.1, -0.05) is 6.07 Å². The van der Waals surface area contributed by atoms with E-state index in [1.165, 1.54) is 0 Å². The van der Waals surface area contributed by atoms with E-state index in [2.05, 4.69) is 0 Å². The zero-order valence-electron chi connectivity index (χ0n) is 9.11. The van der Waals surface area contributed by atoms with Crippen molar-refractivity contribution in [1.29, 1.82) is 0 Å². The zero-order valence-corrected chi connectivity index (χ0v) is 9.87. The number of rotatable bonds is 2. The summed E-state index contributed by atoms with van der Waals surface area (Å²) in [6.45, 7) is 2.47. The number of aromatic hydroxyl groups is 1. The summed E-state index contributed by atoms with van der Waals surface area (Å²) in [5, 5.41) is 9.61. The summed E-state index contributed by atoms with van der Waals surface area (Å²) < 4.78 is 0. The molecule has 0 saturated carbocycles. The maximum Gasteiger partial charge on any atom is 0.227 e. The van der Waals surface area contributed by atoms with Gasteiger partial charge in [-0.2, -0.15) is 0 Å². The van der Waals surface area contributed by atoms with Gasteiger partial charge in [-0.15, -0.1) is 11.6 Å². The number of carbonyl (C=O) groups is 1. The Labute approximate surface area is 99.6 Å². The van der Waals surface area contributed by atoms with Gasteiger partial charge < -0.3 is 10.0 Å². The van der Waals surface area contributed by atoms with Gasteiger partial charge in [-0.25, -0.2) is 0 Å². The molecule has 1 unspecified atom stereocenters. The van der Waals surface area contributed by atoms with Crippen LogP contribution in [0.4, 0.5) is 5.69 Å². The van der Waals surface area contributed by atoms with Crippen molar-refractivity contribution in [2.45, 2.75) is 13.3 Å². The van der Waals surface area contributed by atoms with Crippen molar-refractivity contribution >= 4 is 23.2 Å². The van der Waals surface area contributed by atoms with Gasteiger partial charge in [-0.05, 0) is 24.5 Å². The van der Waals surface area contributed by atoms with E-state index in [-0.39, 0.29) is 17.6 Å². The van der Waals surface area contributed by atoms with E-state index < -0.39 is 0 Å². The minimum Gasteiger partial charge on any atom is -0.508 e. The third-order valence-corrected chi connectivity index (χ3v) is 3.36. The Morgan fingerprint density at radius 2 is 2.31 bits per heavy atom. The maximum absolute atomic E-state index is 11.7. The lowest BCUT2D eigenvalue weighted by Crippen LogP contribution is -2.24. The molecule has 86 valence electrons. The third-order valence-electron chi connectivity index (χ3n) is 2.93. The summed E-state index contributed by atoms with van der Waals surface area (Å²) in [4.78, 5) is 13.4. The Bertz CT molecular complexity index is 419. The highest BCUT2D eigenvalue weighted by Crippen LogP contribution is 2.29. The van der Waals surface area contributed by atoms with Crippen molar-refractivity contribution in [1.82, 2.24) is 0 Å². The van der Waals surface area contributed by atoms with Crippen LogP contribution in [0.15, 0.2) is 18.2 Å². The van der Waals surface area contributed by atoms with Gasteiger partial charge in [0.05, 0.1) is 0 Å². The van der Waals surface area contributed by atoms with E-state index in [4.69, 9.17) is 11.6 Å². The number of carbonyl (C=O) groups excluding carboxylic acids is 1. The molecule has 16 heavy (non-hydrogen) atoms. The first-order chi connectivity index (χ1) is 7.61.